The topological polar surface area (TPSA) is 157 Å². The van der Waals surface area contributed by atoms with E-state index in [0.717, 1.165) is 4.90 Å². The Morgan fingerprint density at radius 1 is 1.07 bits per heavy atom. The van der Waals surface area contributed by atoms with E-state index in [2.05, 4.69) is 5.32 Å². The molecule has 1 heterocycles. The zero-order valence-electron chi connectivity index (χ0n) is 14.6. The number of carboxylic acids is 1. The molecule has 0 atom stereocenters. The molecule has 1 saturated heterocycles. The van der Waals surface area contributed by atoms with E-state index in [4.69, 9.17) is 16.2 Å². The summed E-state index contributed by atoms with van der Waals surface area (Å²) in [6.45, 7) is 0.542. The molecule has 0 radical (unpaired) electrons. The van der Waals surface area contributed by atoms with Gasteiger partial charge in [-0.25, -0.2) is 0 Å². The van der Waals surface area contributed by atoms with Gasteiger partial charge >= 0.3 is 17.8 Å². The fourth-order valence-electron chi connectivity index (χ4n) is 2.62. The van der Waals surface area contributed by atoms with Crippen LogP contribution in [0, 0.1) is 5.41 Å². The van der Waals surface area contributed by atoms with Gasteiger partial charge in [0, 0.05) is 37.3 Å². The molecule has 10 heteroatoms. The van der Waals surface area contributed by atoms with Crippen molar-refractivity contribution >= 4 is 29.5 Å². The molecule has 0 saturated carbocycles. The van der Waals surface area contributed by atoms with Crippen molar-refractivity contribution in [2.75, 3.05) is 32.7 Å². The first-order valence-electron chi connectivity index (χ1n) is 8.32. The van der Waals surface area contributed by atoms with Crippen LogP contribution in [0.5, 0.6) is 0 Å². The second-order valence-corrected chi connectivity index (χ2v) is 6.01. The third kappa shape index (κ3) is 5.27. The molecule has 1 aromatic carbocycles. The first kappa shape index (κ1) is 19.9. The van der Waals surface area contributed by atoms with Gasteiger partial charge in [-0.1, -0.05) is 12.1 Å². The molecule has 0 bridgehead atoms. The Labute approximate surface area is 155 Å². The summed E-state index contributed by atoms with van der Waals surface area (Å²) in [5.41, 5.74) is 6.31. The Balaban J connectivity index is 1.75. The molecule has 0 spiro atoms. The summed E-state index contributed by atoms with van der Waals surface area (Å²) < 4.78 is 0. The SMILES string of the molecule is N=C(N)c1ccc(C(=O)NCCCN2CCN(CC(=O)O)C(=O)C2=O)cc1. The van der Waals surface area contributed by atoms with Crippen molar-refractivity contribution in [2.24, 2.45) is 5.73 Å². The van der Waals surface area contributed by atoms with Crippen molar-refractivity contribution < 1.29 is 24.3 Å². The Hall–Kier alpha value is -3.43. The predicted octanol–water partition coefficient (Wildman–Crippen LogP) is -1.15. The minimum Gasteiger partial charge on any atom is -0.480 e. The number of nitrogens with two attached hydrogens (primary N) is 1. The molecule has 0 aromatic heterocycles. The van der Waals surface area contributed by atoms with Crippen molar-refractivity contribution in [2.45, 2.75) is 6.42 Å². The van der Waals surface area contributed by atoms with Gasteiger partial charge in [0.15, 0.2) is 0 Å². The molecule has 0 aliphatic carbocycles. The number of amidine groups is 1. The van der Waals surface area contributed by atoms with Crippen molar-refractivity contribution in [3.63, 3.8) is 0 Å². The van der Waals surface area contributed by atoms with E-state index in [0.29, 0.717) is 24.1 Å². The number of carboxylic acid groups (broad SMARTS) is 1. The smallest absolute Gasteiger partial charge is 0.323 e. The van der Waals surface area contributed by atoms with Crippen LogP contribution >= 0.6 is 0 Å². The van der Waals surface area contributed by atoms with Gasteiger partial charge in [-0.2, -0.15) is 0 Å². The molecule has 1 aliphatic rings. The molecular formula is C17H21N5O5. The highest BCUT2D eigenvalue weighted by molar-refractivity contribution is 6.35. The van der Waals surface area contributed by atoms with Gasteiger partial charge in [0.05, 0.1) is 0 Å². The number of piperazine rings is 1. The van der Waals surface area contributed by atoms with Crippen LogP contribution in [0.25, 0.3) is 0 Å². The first-order valence-corrected chi connectivity index (χ1v) is 8.32. The lowest BCUT2D eigenvalue weighted by Crippen LogP contribution is -2.55. The van der Waals surface area contributed by atoms with Crippen LogP contribution in [0.2, 0.25) is 0 Å². The van der Waals surface area contributed by atoms with E-state index in [-0.39, 0.29) is 31.4 Å². The molecule has 1 aliphatic heterocycles. The number of hydrogen-bond acceptors (Lipinski definition) is 5. The number of nitrogens with zero attached hydrogens (tertiary/aromatic N) is 2. The molecule has 2 rings (SSSR count). The third-order valence-electron chi connectivity index (χ3n) is 4.07. The molecule has 5 N–H and O–H groups in total. The standard InChI is InChI=1S/C17H21N5O5/c18-14(19)11-2-4-12(5-3-11)15(25)20-6-1-7-21-8-9-22(10-13(23)24)17(27)16(21)26/h2-5H,1,6-10H2,(H3,18,19)(H,20,25)(H,23,24). The number of carbonyl (C=O) groups is 4. The quantitative estimate of drug-likeness (QED) is 0.194. The molecule has 0 unspecified atom stereocenters. The van der Waals surface area contributed by atoms with Crippen molar-refractivity contribution in [1.29, 1.82) is 5.41 Å². The summed E-state index contributed by atoms with van der Waals surface area (Å²) in [6.07, 6.45) is 0.454. The lowest BCUT2D eigenvalue weighted by molar-refractivity contribution is -0.158. The highest BCUT2D eigenvalue weighted by atomic mass is 16.4. The summed E-state index contributed by atoms with van der Waals surface area (Å²) in [5, 5.41) is 18.7. The van der Waals surface area contributed by atoms with Crippen LogP contribution in [0.3, 0.4) is 0 Å². The average Bonchev–Trinajstić information content (AvgIpc) is 2.63. The molecule has 3 amide bonds. The number of carbonyl (C=O) groups excluding carboxylic acids is 3. The highest BCUT2D eigenvalue weighted by Gasteiger charge is 2.32. The summed E-state index contributed by atoms with van der Waals surface area (Å²) in [6, 6.07) is 6.29. The molecule has 10 nitrogen and oxygen atoms in total. The summed E-state index contributed by atoms with van der Waals surface area (Å²) in [7, 11) is 0. The minimum absolute atomic E-state index is 0.0791. The Kier molecular flexibility index (Phi) is 6.47. The van der Waals surface area contributed by atoms with E-state index >= 15 is 0 Å². The fraction of sp³-hybridized carbons (Fsp3) is 0.353. The van der Waals surface area contributed by atoms with Crippen LogP contribution in [-0.2, 0) is 14.4 Å². The summed E-state index contributed by atoms with van der Waals surface area (Å²) >= 11 is 0. The second-order valence-electron chi connectivity index (χ2n) is 6.01. The summed E-state index contributed by atoms with van der Waals surface area (Å²) in [5.74, 6) is -3.08. The van der Waals surface area contributed by atoms with Crippen molar-refractivity contribution in [1.82, 2.24) is 15.1 Å². The van der Waals surface area contributed by atoms with Crippen molar-refractivity contribution in [3.8, 4) is 0 Å². The van der Waals surface area contributed by atoms with E-state index in [1.165, 1.54) is 4.90 Å². The van der Waals surface area contributed by atoms with Gasteiger partial charge < -0.3 is 26.0 Å². The van der Waals surface area contributed by atoms with E-state index < -0.39 is 24.3 Å². The van der Waals surface area contributed by atoms with Gasteiger partial charge in [0.1, 0.15) is 12.4 Å². The van der Waals surface area contributed by atoms with Crippen LogP contribution in [0.4, 0.5) is 0 Å². The van der Waals surface area contributed by atoms with Crippen LogP contribution < -0.4 is 11.1 Å². The zero-order valence-corrected chi connectivity index (χ0v) is 14.6. The van der Waals surface area contributed by atoms with Crippen LogP contribution in [0.1, 0.15) is 22.3 Å². The van der Waals surface area contributed by atoms with Crippen LogP contribution in [-0.4, -0.2) is 77.2 Å². The van der Waals surface area contributed by atoms with Gasteiger partial charge in [0.25, 0.3) is 5.91 Å². The second kappa shape index (κ2) is 8.79. The van der Waals surface area contributed by atoms with Gasteiger partial charge in [-0.15, -0.1) is 0 Å². The Morgan fingerprint density at radius 2 is 1.63 bits per heavy atom. The maximum absolute atomic E-state index is 12.0. The average molecular weight is 375 g/mol. The number of benzene rings is 1. The maximum atomic E-state index is 12.0. The summed E-state index contributed by atoms with van der Waals surface area (Å²) in [4.78, 5) is 48.9. The number of rotatable bonds is 8. The van der Waals surface area contributed by atoms with Gasteiger partial charge in [-0.05, 0) is 18.6 Å². The highest BCUT2D eigenvalue weighted by Crippen LogP contribution is 2.06. The van der Waals surface area contributed by atoms with E-state index in [1.54, 1.807) is 24.3 Å². The molecule has 27 heavy (non-hydrogen) atoms. The number of nitrogens with one attached hydrogen (secondary N) is 2. The molecule has 1 aromatic rings. The lowest BCUT2D eigenvalue weighted by Gasteiger charge is -2.32. The number of nitrogen functional groups attached to an aromatic ring is 1. The molecular weight excluding hydrogens is 354 g/mol. The van der Waals surface area contributed by atoms with Gasteiger partial charge in [0.2, 0.25) is 0 Å². The zero-order chi connectivity index (χ0) is 20.0. The number of hydrogen-bond donors (Lipinski definition) is 4. The Morgan fingerprint density at radius 3 is 2.22 bits per heavy atom. The third-order valence-corrected chi connectivity index (χ3v) is 4.07. The predicted molar refractivity (Wildman–Crippen MR) is 95.2 cm³/mol. The fourth-order valence-corrected chi connectivity index (χ4v) is 2.62. The van der Waals surface area contributed by atoms with Crippen molar-refractivity contribution in [3.05, 3.63) is 35.4 Å². The largest absolute Gasteiger partial charge is 0.480 e. The molecule has 144 valence electrons. The van der Waals surface area contributed by atoms with E-state index in [9.17, 15) is 19.2 Å². The number of aliphatic carboxylic acids is 1. The molecule has 1 fully saturated rings. The van der Waals surface area contributed by atoms with Gasteiger partial charge in [-0.3, -0.25) is 24.6 Å². The maximum Gasteiger partial charge on any atom is 0.323 e. The first-order chi connectivity index (χ1) is 12.8. The Bertz CT molecular complexity index is 761. The lowest BCUT2D eigenvalue weighted by atomic mass is 10.1. The van der Waals surface area contributed by atoms with E-state index in [1.807, 2.05) is 0 Å². The number of amides is 3. The normalized spacial score (nSPS) is 14.2. The monoisotopic (exact) mass is 375 g/mol. The minimum atomic E-state index is -1.16. The van der Waals surface area contributed by atoms with Crippen LogP contribution in [0.15, 0.2) is 24.3 Å².